The number of alkyl halides is 3. The molecule has 2 heterocycles. The van der Waals surface area contributed by atoms with Crippen LogP contribution in [0, 0.1) is 0 Å². The Morgan fingerprint density at radius 1 is 1.23 bits per heavy atom. The summed E-state index contributed by atoms with van der Waals surface area (Å²) in [5.74, 6) is -3.83. The molecule has 1 N–H and O–H groups in total. The van der Waals surface area contributed by atoms with Gasteiger partial charge in [-0.15, -0.1) is 0 Å². The van der Waals surface area contributed by atoms with E-state index in [4.69, 9.17) is 0 Å². The Morgan fingerprint density at radius 2 is 1.92 bits per heavy atom. The van der Waals surface area contributed by atoms with Crippen LogP contribution in [0.15, 0.2) is 24.3 Å². The zero-order valence-electron chi connectivity index (χ0n) is 13.6. The van der Waals surface area contributed by atoms with Gasteiger partial charge in [-0.1, -0.05) is 12.1 Å². The average Bonchev–Trinajstić information content (AvgIpc) is 2.92. The predicted octanol–water partition coefficient (Wildman–Crippen LogP) is 1.07. The Balaban J connectivity index is 1.61. The Hall–Kier alpha value is -2.62. The van der Waals surface area contributed by atoms with Crippen molar-refractivity contribution in [1.82, 2.24) is 10.2 Å². The number of piperazine rings is 1. The molecule has 26 heavy (non-hydrogen) atoms. The summed E-state index contributed by atoms with van der Waals surface area (Å²) in [6, 6.07) is 6.24. The summed E-state index contributed by atoms with van der Waals surface area (Å²) in [4.78, 5) is 37.9. The summed E-state index contributed by atoms with van der Waals surface area (Å²) in [6.45, 7) is 2.64. The van der Waals surface area contributed by atoms with E-state index in [9.17, 15) is 27.6 Å². The van der Waals surface area contributed by atoms with E-state index in [2.05, 4.69) is 10.1 Å². The zero-order valence-corrected chi connectivity index (χ0v) is 13.6. The molecule has 0 bridgehead atoms. The molecular formula is C16H16F3N3O4. The number of carbonyl (C=O) groups is 3. The van der Waals surface area contributed by atoms with Gasteiger partial charge in [0.05, 0.1) is 12.5 Å². The summed E-state index contributed by atoms with van der Waals surface area (Å²) in [5, 5.41) is 3.23. The van der Waals surface area contributed by atoms with Gasteiger partial charge in [0.1, 0.15) is 0 Å². The van der Waals surface area contributed by atoms with Gasteiger partial charge < -0.3 is 15.0 Å². The first-order valence-corrected chi connectivity index (χ1v) is 7.95. The first-order chi connectivity index (χ1) is 12.3. The van der Waals surface area contributed by atoms with E-state index in [1.54, 1.807) is 21.9 Å². The van der Waals surface area contributed by atoms with Crippen LogP contribution in [0.5, 0.6) is 0 Å². The van der Waals surface area contributed by atoms with Crippen molar-refractivity contribution in [3.8, 4) is 0 Å². The zero-order chi connectivity index (χ0) is 18.9. The number of halogens is 3. The number of benzene rings is 1. The molecule has 7 nitrogen and oxygen atoms in total. The standard InChI is InChI=1S/C16H16F3N3O4/c17-16(18,19)14(24)26-13(23)7-10-1-3-11(4-2-10)22-9-12-8-20-5-6-21(12)15(22)25/h1-4,12,20H,5-9H2. The van der Waals surface area contributed by atoms with E-state index in [1.807, 2.05) is 0 Å². The highest BCUT2D eigenvalue weighted by Crippen LogP contribution is 2.25. The number of amides is 2. The third-order valence-corrected chi connectivity index (χ3v) is 4.25. The van der Waals surface area contributed by atoms with Crippen molar-refractivity contribution in [3.63, 3.8) is 0 Å². The lowest BCUT2D eigenvalue weighted by molar-refractivity contribution is -0.201. The van der Waals surface area contributed by atoms with Gasteiger partial charge >= 0.3 is 24.1 Å². The minimum absolute atomic E-state index is 0.0966. The van der Waals surface area contributed by atoms with Crippen LogP contribution in [0.1, 0.15) is 5.56 Å². The van der Waals surface area contributed by atoms with E-state index >= 15 is 0 Å². The lowest BCUT2D eigenvalue weighted by Gasteiger charge is -2.28. The van der Waals surface area contributed by atoms with Crippen LogP contribution >= 0.6 is 0 Å². The average molecular weight is 371 g/mol. The monoisotopic (exact) mass is 371 g/mol. The summed E-state index contributed by atoms with van der Waals surface area (Å²) in [5.41, 5.74) is 1.01. The van der Waals surface area contributed by atoms with Crippen molar-refractivity contribution in [1.29, 1.82) is 0 Å². The molecule has 140 valence electrons. The number of nitrogens with one attached hydrogen (secondary N) is 1. The van der Waals surface area contributed by atoms with Crippen LogP contribution < -0.4 is 10.2 Å². The molecule has 0 aliphatic carbocycles. The van der Waals surface area contributed by atoms with Crippen molar-refractivity contribution in [2.45, 2.75) is 18.6 Å². The number of esters is 2. The first kappa shape index (κ1) is 18.2. The molecule has 0 radical (unpaired) electrons. The minimum Gasteiger partial charge on any atom is -0.386 e. The van der Waals surface area contributed by atoms with Crippen LogP contribution in [0.4, 0.5) is 23.7 Å². The molecule has 1 aromatic rings. The number of ether oxygens (including phenoxy) is 1. The smallest absolute Gasteiger partial charge is 0.386 e. The van der Waals surface area contributed by atoms with Crippen molar-refractivity contribution in [2.24, 2.45) is 0 Å². The largest absolute Gasteiger partial charge is 0.491 e. The topological polar surface area (TPSA) is 79.0 Å². The third-order valence-electron chi connectivity index (χ3n) is 4.25. The van der Waals surface area contributed by atoms with E-state index in [-0.39, 0.29) is 12.1 Å². The number of carbonyl (C=O) groups excluding carboxylic acids is 3. The number of hydrogen-bond donors (Lipinski definition) is 1. The molecule has 2 amide bonds. The van der Waals surface area contributed by atoms with E-state index in [0.29, 0.717) is 24.3 Å². The molecule has 1 atom stereocenters. The summed E-state index contributed by atoms with van der Waals surface area (Å²) < 4.78 is 39.9. The second kappa shape index (κ2) is 6.94. The van der Waals surface area contributed by atoms with Gasteiger partial charge in [-0.05, 0) is 17.7 Å². The number of rotatable bonds is 3. The molecule has 0 spiro atoms. The SMILES string of the molecule is O=C(Cc1ccc(N2CC3CNCCN3C2=O)cc1)OC(=O)C(F)(F)F. The molecule has 0 saturated carbocycles. The summed E-state index contributed by atoms with van der Waals surface area (Å²) in [6.07, 6.45) is -5.69. The second-order valence-electron chi connectivity index (χ2n) is 6.05. The fourth-order valence-electron chi connectivity index (χ4n) is 2.99. The quantitative estimate of drug-likeness (QED) is 0.635. The number of hydrogen-bond acceptors (Lipinski definition) is 5. The minimum atomic E-state index is -5.21. The van der Waals surface area contributed by atoms with Gasteiger partial charge in [0.2, 0.25) is 0 Å². The lowest BCUT2D eigenvalue weighted by atomic mass is 10.1. The number of anilines is 1. The van der Waals surface area contributed by atoms with Gasteiger partial charge in [-0.2, -0.15) is 13.2 Å². The maximum atomic E-state index is 12.4. The van der Waals surface area contributed by atoms with Crippen LogP contribution in [-0.2, 0) is 20.7 Å². The number of urea groups is 1. The molecule has 10 heteroatoms. The molecule has 0 aromatic heterocycles. The highest BCUT2D eigenvalue weighted by Gasteiger charge is 2.42. The normalized spacial score (nSPS) is 20.1. The Kier molecular flexibility index (Phi) is 4.86. The molecule has 2 aliphatic heterocycles. The molecule has 2 aliphatic rings. The Bertz CT molecular complexity index is 720. The maximum Gasteiger partial charge on any atom is 0.491 e. The Labute approximate surface area is 146 Å². The van der Waals surface area contributed by atoms with E-state index < -0.39 is 24.5 Å². The molecule has 1 unspecified atom stereocenters. The highest BCUT2D eigenvalue weighted by atomic mass is 19.4. The first-order valence-electron chi connectivity index (χ1n) is 7.95. The van der Waals surface area contributed by atoms with Crippen molar-refractivity contribution < 1.29 is 32.3 Å². The molecule has 2 fully saturated rings. The van der Waals surface area contributed by atoms with Crippen LogP contribution in [0.25, 0.3) is 0 Å². The molecule has 3 rings (SSSR count). The van der Waals surface area contributed by atoms with Crippen LogP contribution in [-0.4, -0.2) is 61.3 Å². The predicted molar refractivity (Wildman–Crippen MR) is 83.4 cm³/mol. The molecule has 1 aromatic carbocycles. The van der Waals surface area contributed by atoms with Crippen LogP contribution in [0.3, 0.4) is 0 Å². The van der Waals surface area contributed by atoms with Crippen molar-refractivity contribution >= 4 is 23.7 Å². The van der Waals surface area contributed by atoms with Gasteiger partial charge in [0, 0.05) is 31.9 Å². The fraction of sp³-hybridized carbons (Fsp3) is 0.438. The van der Waals surface area contributed by atoms with Gasteiger partial charge in [0.25, 0.3) is 0 Å². The molecule has 2 saturated heterocycles. The number of fused-ring (bicyclic) bond motifs is 1. The highest BCUT2D eigenvalue weighted by molar-refractivity contribution is 5.95. The third kappa shape index (κ3) is 3.79. The van der Waals surface area contributed by atoms with Gasteiger partial charge in [-0.3, -0.25) is 9.69 Å². The van der Waals surface area contributed by atoms with Crippen LogP contribution in [0.2, 0.25) is 0 Å². The summed E-state index contributed by atoms with van der Waals surface area (Å²) in [7, 11) is 0. The van der Waals surface area contributed by atoms with Crippen molar-refractivity contribution in [3.05, 3.63) is 29.8 Å². The number of nitrogens with zero attached hydrogens (tertiary/aromatic N) is 2. The second-order valence-corrected chi connectivity index (χ2v) is 6.05. The van der Waals surface area contributed by atoms with E-state index in [0.717, 1.165) is 13.1 Å². The van der Waals surface area contributed by atoms with Gasteiger partial charge in [-0.25, -0.2) is 9.59 Å². The van der Waals surface area contributed by atoms with Crippen molar-refractivity contribution in [2.75, 3.05) is 31.1 Å². The Morgan fingerprint density at radius 3 is 2.54 bits per heavy atom. The van der Waals surface area contributed by atoms with E-state index in [1.165, 1.54) is 12.1 Å². The summed E-state index contributed by atoms with van der Waals surface area (Å²) >= 11 is 0. The lowest BCUT2D eigenvalue weighted by Crippen LogP contribution is -2.49. The molecular weight excluding hydrogens is 355 g/mol. The maximum absolute atomic E-state index is 12.4. The van der Waals surface area contributed by atoms with Gasteiger partial charge in [0.15, 0.2) is 0 Å². The fourth-order valence-corrected chi connectivity index (χ4v) is 2.99.